The average molecular weight is 194 g/mol. The molecule has 0 atom stereocenters. The molecule has 0 saturated carbocycles. The summed E-state index contributed by atoms with van der Waals surface area (Å²) in [6.07, 6.45) is 0.442. The molecule has 0 aromatic carbocycles. The molecule has 1 N–H and O–H groups in total. The lowest BCUT2D eigenvalue weighted by atomic mass is 10.0. The Morgan fingerprint density at radius 3 is 2.18 bits per heavy atom. The van der Waals surface area contributed by atoms with E-state index in [1.807, 2.05) is 0 Å². The van der Waals surface area contributed by atoms with Gasteiger partial charge in [0.25, 0.3) is 0 Å². The molecule has 0 aromatic heterocycles. The van der Waals surface area contributed by atoms with Crippen LogP contribution in [-0.2, 0) is 9.84 Å². The molecule has 11 heavy (non-hydrogen) atoms. The lowest BCUT2D eigenvalue weighted by Crippen LogP contribution is -2.37. The van der Waals surface area contributed by atoms with E-state index in [-0.39, 0.29) is 24.3 Å². The van der Waals surface area contributed by atoms with Crippen LogP contribution in [0.1, 0.15) is 12.8 Å². The van der Waals surface area contributed by atoms with Crippen molar-refractivity contribution in [2.24, 2.45) is 0 Å². The highest BCUT2D eigenvalue weighted by molar-refractivity contribution is 7.91. The first kappa shape index (κ1) is 9.00. The van der Waals surface area contributed by atoms with Crippen LogP contribution < -0.4 is 0 Å². The van der Waals surface area contributed by atoms with Crippen molar-refractivity contribution in [1.29, 1.82) is 0 Å². The third-order valence-corrected chi connectivity index (χ3v) is 3.93. The van der Waals surface area contributed by atoms with Gasteiger partial charge in [0.2, 0.25) is 0 Å². The van der Waals surface area contributed by atoms with Gasteiger partial charge in [0, 0.05) is 12.8 Å². The van der Waals surface area contributed by atoms with Crippen molar-refractivity contribution in [3.05, 3.63) is 0 Å². The summed E-state index contributed by atoms with van der Waals surface area (Å²) in [5, 5.41) is 11.9. The van der Waals surface area contributed by atoms with Gasteiger partial charge in [-0.15, -0.1) is 12.0 Å². The Kier molecular flexibility index (Phi) is 2.25. The van der Waals surface area contributed by atoms with Crippen molar-refractivity contribution < 1.29 is 13.5 Å². The molecule has 1 rings (SSSR count). The maximum absolute atomic E-state index is 10.9. The van der Waals surface area contributed by atoms with Crippen LogP contribution in [0.15, 0.2) is 0 Å². The summed E-state index contributed by atoms with van der Waals surface area (Å²) in [4.78, 5) is 0. The van der Waals surface area contributed by atoms with Gasteiger partial charge in [-0.3, -0.25) is 0 Å². The number of thiol groups is 1. The summed E-state index contributed by atoms with van der Waals surface area (Å²) in [6, 6.07) is 0. The third-order valence-electron chi connectivity index (χ3n) is 1.86. The highest BCUT2D eigenvalue weighted by Crippen LogP contribution is 2.22. The zero-order valence-electron chi connectivity index (χ0n) is 5.95. The van der Waals surface area contributed by atoms with E-state index < -0.39 is 15.4 Å². The van der Waals surface area contributed by atoms with Crippen molar-refractivity contribution in [3.8, 4) is 5.18 Å². The van der Waals surface area contributed by atoms with Crippen LogP contribution in [0.5, 0.6) is 0 Å². The molecule has 1 fully saturated rings. The maximum atomic E-state index is 10.9. The van der Waals surface area contributed by atoms with Crippen molar-refractivity contribution >= 4 is 21.9 Å². The fraction of sp³-hybridized carbons (Fsp3) is 0.833. The SMILES string of the molecule is O=S1(=O)CCC(O)(C#[SH])CC1. The fourth-order valence-corrected chi connectivity index (χ4v) is 2.71. The van der Waals surface area contributed by atoms with Crippen LogP contribution in [0, 0.1) is 5.18 Å². The van der Waals surface area contributed by atoms with E-state index in [1.165, 1.54) is 0 Å². The van der Waals surface area contributed by atoms with Gasteiger partial charge in [0.1, 0.15) is 5.60 Å². The molecule has 1 aliphatic heterocycles. The normalized spacial score (nSPS) is 27.4. The summed E-state index contributed by atoms with van der Waals surface area (Å²) in [6.45, 7) is 0. The van der Waals surface area contributed by atoms with Crippen molar-refractivity contribution in [2.45, 2.75) is 18.4 Å². The molecule has 0 radical (unpaired) electrons. The number of rotatable bonds is 0. The minimum atomic E-state index is -2.90. The summed E-state index contributed by atoms with van der Waals surface area (Å²) >= 11 is 3.71. The minimum Gasteiger partial charge on any atom is -0.377 e. The van der Waals surface area contributed by atoms with Gasteiger partial charge < -0.3 is 5.11 Å². The van der Waals surface area contributed by atoms with Crippen LogP contribution in [0.25, 0.3) is 0 Å². The molecule has 1 saturated heterocycles. The van der Waals surface area contributed by atoms with Gasteiger partial charge in [0.15, 0.2) is 9.84 Å². The van der Waals surface area contributed by atoms with Crippen molar-refractivity contribution in [2.75, 3.05) is 11.5 Å². The molecule has 0 aromatic rings. The summed E-state index contributed by atoms with van der Waals surface area (Å²) in [5.41, 5.74) is -1.09. The quantitative estimate of drug-likeness (QED) is 0.526. The molecule has 64 valence electrons. The van der Waals surface area contributed by atoms with E-state index in [1.54, 1.807) is 0 Å². The first-order valence-corrected chi connectivity index (χ1v) is 5.58. The van der Waals surface area contributed by atoms with Crippen LogP contribution in [0.2, 0.25) is 0 Å². The second-order valence-electron chi connectivity index (χ2n) is 2.80. The monoisotopic (exact) mass is 194 g/mol. The van der Waals surface area contributed by atoms with E-state index in [9.17, 15) is 13.5 Å². The second kappa shape index (κ2) is 2.75. The van der Waals surface area contributed by atoms with Gasteiger partial charge in [-0.05, 0) is 0 Å². The predicted octanol–water partition coefficient (Wildman–Crippen LogP) is -0.185. The Morgan fingerprint density at radius 2 is 1.82 bits per heavy atom. The molecule has 0 aliphatic carbocycles. The number of hydrogen-bond donors (Lipinski definition) is 2. The predicted molar refractivity (Wildman–Crippen MR) is 45.7 cm³/mol. The summed E-state index contributed by atoms with van der Waals surface area (Å²) in [5.74, 6) is 0.0775. The first-order chi connectivity index (χ1) is 4.97. The van der Waals surface area contributed by atoms with E-state index in [0.29, 0.717) is 0 Å². The second-order valence-corrected chi connectivity index (χ2v) is 5.32. The van der Waals surface area contributed by atoms with E-state index >= 15 is 0 Å². The third kappa shape index (κ3) is 2.17. The zero-order valence-corrected chi connectivity index (χ0v) is 7.66. The van der Waals surface area contributed by atoms with Gasteiger partial charge >= 0.3 is 0 Å². The molecule has 0 unspecified atom stereocenters. The standard InChI is InChI=1S/C6H10O3S2/c7-6(5-10)1-3-11(8,9)4-2-6/h7,10H,1-4H2. The van der Waals surface area contributed by atoms with E-state index in [2.05, 4.69) is 17.2 Å². The maximum Gasteiger partial charge on any atom is 0.150 e. The highest BCUT2D eigenvalue weighted by atomic mass is 32.2. The van der Waals surface area contributed by atoms with E-state index in [4.69, 9.17) is 0 Å². The summed E-state index contributed by atoms with van der Waals surface area (Å²) < 4.78 is 21.8. The molecular weight excluding hydrogens is 184 g/mol. The summed E-state index contributed by atoms with van der Waals surface area (Å²) in [7, 11) is -2.90. The largest absolute Gasteiger partial charge is 0.377 e. The molecule has 0 amide bonds. The Hall–Kier alpha value is -0.0900. The molecule has 1 heterocycles. The number of aliphatic hydroxyl groups is 1. The Labute approximate surface area is 71.0 Å². The minimum absolute atomic E-state index is 0.0387. The fourth-order valence-electron chi connectivity index (χ4n) is 0.988. The Morgan fingerprint density at radius 1 is 1.36 bits per heavy atom. The van der Waals surface area contributed by atoms with Crippen LogP contribution in [-0.4, -0.2) is 30.6 Å². The number of hydrogen-bond acceptors (Lipinski definition) is 3. The average Bonchev–Trinajstić information content (AvgIpc) is 1.97. The zero-order chi connectivity index (χ0) is 8.54. The van der Waals surface area contributed by atoms with Crippen molar-refractivity contribution in [3.63, 3.8) is 0 Å². The van der Waals surface area contributed by atoms with Gasteiger partial charge in [-0.25, -0.2) is 8.42 Å². The first-order valence-electron chi connectivity index (χ1n) is 3.32. The Bertz CT molecular complexity index is 271. The number of sulfone groups is 1. The smallest absolute Gasteiger partial charge is 0.150 e. The lowest BCUT2D eigenvalue weighted by Gasteiger charge is -2.26. The molecule has 3 nitrogen and oxygen atoms in total. The molecule has 5 heteroatoms. The van der Waals surface area contributed by atoms with Crippen molar-refractivity contribution in [1.82, 2.24) is 0 Å². The van der Waals surface area contributed by atoms with Crippen LogP contribution in [0.4, 0.5) is 0 Å². The van der Waals surface area contributed by atoms with E-state index in [0.717, 1.165) is 0 Å². The molecular formula is C6H10O3S2. The molecule has 1 aliphatic rings. The van der Waals surface area contributed by atoms with Crippen LogP contribution >= 0.6 is 12.0 Å². The lowest BCUT2D eigenvalue weighted by molar-refractivity contribution is 0.0917. The molecule has 0 spiro atoms. The Balaban J connectivity index is 2.71. The highest BCUT2D eigenvalue weighted by Gasteiger charge is 2.33. The van der Waals surface area contributed by atoms with Crippen LogP contribution in [0.3, 0.4) is 0 Å². The van der Waals surface area contributed by atoms with Gasteiger partial charge in [0.05, 0.1) is 11.5 Å². The topological polar surface area (TPSA) is 54.4 Å². The van der Waals surface area contributed by atoms with Gasteiger partial charge in [-0.1, -0.05) is 5.18 Å². The van der Waals surface area contributed by atoms with Gasteiger partial charge in [-0.2, -0.15) is 0 Å². The molecule has 0 bridgehead atoms.